The summed E-state index contributed by atoms with van der Waals surface area (Å²) in [6.07, 6.45) is 1.67. The molecular formula is C23H21ClN4O6S. The Labute approximate surface area is 205 Å². The van der Waals surface area contributed by atoms with Crippen molar-refractivity contribution >= 4 is 32.6 Å². The van der Waals surface area contributed by atoms with Gasteiger partial charge in [0, 0.05) is 30.6 Å². The minimum absolute atomic E-state index is 0.0742. The van der Waals surface area contributed by atoms with E-state index in [1.54, 1.807) is 49.5 Å². The van der Waals surface area contributed by atoms with Gasteiger partial charge in [0.15, 0.2) is 0 Å². The number of benzene rings is 2. The molecule has 2 aromatic heterocycles. The van der Waals surface area contributed by atoms with E-state index < -0.39 is 15.6 Å². The van der Waals surface area contributed by atoms with Crippen molar-refractivity contribution in [2.45, 2.75) is 18.4 Å². The molecule has 4 aromatic rings. The highest BCUT2D eigenvalue weighted by Crippen LogP contribution is 2.31. The van der Waals surface area contributed by atoms with E-state index in [9.17, 15) is 13.2 Å². The first-order chi connectivity index (χ1) is 16.8. The molecule has 0 unspecified atom stereocenters. The van der Waals surface area contributed by atoms with Crippen LogP contribution < -0.4 is 10.4 Å². The molecule has 12 heteroatoms. The lowest BCUT2D eigenvalue weighted by Crippen LogP contribution is -2.40. The molecule has 0 amide bonds. The molecule has 35 heavy (non-hydrogen) atoms. The van der Waals surface area contributed by atoms with Gasteiger partial charge in [-0.25, -0.2) is 17.9 Å². The number of hydrogen-bond acceptors (Lipinski definition) is 8. The second-order valence-electron chi connectivity index (χ2n) is 7.98. The van der Waals surface area contributed by atoms with E-state index in [1.165, 1.54) is 15.1 Å². The molecule has 3 heterocycles. The Morgan fingerprint density at radius 3 is 2.60 bits per heavy atom. The number of halogens is 1. The molecule has 0 saturated carbocycles. The number of ether oxygens (including phenoxy) is 2. The molecular weight excluding hydrogens is 496 g/mol. The van der Waals surface area contributed by atoms with E-state index in [4.69, 9.17) is 25.5 Å². The molecule has 1 aliphatic rings. The van der Waals surface area contributed by atoms with E-state index in [0.717, 1.165) is 10.9 Å². The van der Waals surface area contributed by atoms with Crippen molar-refractivity contribution in [2.75, 3.05) is 26.3 Å². The molecule has 1 fully saturated rings. The van der Waals surface area contributed by atoms with Crippen LogP contribution in [0.5, 0.6) is 5.75 Å². The number of sulfonamides is 1. The first kappa shape index (κ1) is 23.5. The number of morpholine rings is 1. The van der Waals surface area contributed by atoms with Crippen molar-refractivity contribution in [2.24, 2.45) is 0 Å². The number of aromatic nitrogens is 3. The maximum absolute atomic E-state index is 12.8. The predicted octanol–water partition coefficient (Wildman–Crippen LogP) is 2.94. The molecule has 10 nitrogen and oxygen atoms in total. The Morgan fingerprint density at radius 1 is 1.11 bits per heavy atom. The summed E-state index contributed by atoms with van der Waals surface area (Å²) in [7, 11) is -3.57. The van der Waals surface area contributed by atoms with E-state index in [-0.39, 0.29) is 11.5 Å². The minimum Gasteiger partial charge on any atom is -0.485 e. The number of fused-ring (bicyclic) bond motifs is 1. The molecule has 0 spiro atoms. The summed E-state index contributed by atoms with van der Waals surface area (Å²) >= 11 is 6.34. The average Bonchev–Trinajstić information content (AvgIpc) is 3.33. The Balaban J connectivity index is 1.30. The quantitative estimate of drug-likeness (QED) is 0.359. The van der Waals surface area contributed by atoms with Crippen molar-refractivity contribution < 1.29 is 22.3 Å². The lowest BCUT2D eigenvalue weighted by molar-refractivity contribution is 0.0730. The zero-order valence-electron chi connectivity index (χ0n) is 18.7. The normalized spacial score (nSPS) is 14.9. The summed E-state index contributed by atoms with van der Waals surface area (Å²) in [5, 5.41) is 9.30. The first-order valence-corrected chi connectivity index (χ1v) is 12.6. The van der Waals surface area contributed by atoms with Crippen LogP contribution in [0.15, 0.2) is 62.8 Å². The Morgan fingerprint density at radius 2 is 1.86 bits per heavy atom. The number of nitrogens with zero attached hydrogens (tertiary/aromatic N) is 4. The zero-order chi connectivity index (χ0) is 24.6. The fourth-order valence-corrected chi connectivity index (χ4v) is 5.41. The summed E-state index contributed by atoms with van der Waals surface area (Å²) < 4.78 is 44.8. The number of hydrogen-bond donors (Lipinski definition) is 0. The molecule has 0 aliphatic carbocycles. The average molecular weight is 517 g/mol. The van der Waals surface area contributed by atoms with Crippen molar-refractivity contribution in [3.05, 3.63) is 75.4 Å². The van der Waals surface area contributed by atoms with Crippen LogP contribution in [0.3, 0.4) is 0 Å². The van der Waals surface area contributed by atoms with E-state index in [2.05, 4.69) is 10.3 Å². The summed E-state index contributed by atoms with van der Waals surface area (Å²) in [4.78, 5) is 11.9. The predicted molar refractivity (Wildman–Crippen MR) is 127 cm³/mol. The molecule has 0 N–H and O–H groups in total. The van der Waals surface area contributed by atoms with Crippen LogP contribution in [0.25, 0.3) is 16.7 Å². The second-order valence-corrected chi connectivity index (χ2v) is 10.3. The van der Waals surface area contributed by atoms with Crippen LogP contribution in [0.1, 0.15) is 11.3 Å². The largest absolute Gasteiger partial charge is 0.485 e. The highest BCUT2D eigenvalue weighted by Gasteiger charge is 2.26. The molecule has 0 radical (unpaired) electrons. The van der Waals surface area contributed by atoms with Crippen molar-refractivity contribution in [3.8, 4) is 11.4 Å². The maximum atomic E-state index is 12.8. The SMILES string of the molecule is Cc1cc(=O)oc2cc(OCc3cn(-c4ccc(S(=O)(=O)N5CCOCC5)cc4)nn3)c(Cl)cc12. The van der Waals surface area contributed by atoms with Gasteiger partial charge >= 0.3 is 5.63 Å². The standard InChI is InChI=1S/C23H21ClN4O6S/c1-15-10-23(29)34-21-12-22(20(24)11-19(15)21)33-14-16-13-28(26-25-16)17-2-4-18(5-3-17)35(30,31)27-6-8-32-9-7-27/h2-5,10-13H,6-9,14H2,1H3. The van der Waals surface area contributed by atoms with E-state index in [1.807, 2.05) is 0 Å². The van der Waals surface area contributed by atoms with Crippen molar-refractivity contribution in [1.82, 2.24) is 19.3 Å². The first-order valence-electron chi connectivity index (χ1n) is 10.8. The fraction of sp³-hybridized carbons (Fsp3) is 0.261. The Kier molecular flexibility index (Phi) is 6.32. The highest BCUT2D eigenvalue weighted by atomic mass is 35.5. The summed E-state index contributed by atoms with van der Waals surface area (Å²) in [5.41, 5.74) is 1.86. The molecule has 1 saturated heterocycles. The molecule has 1 aliphatic heterocycles. The molecule has 5 rings (SSSR count). The van der Waals surface area contributed by atoms with Gasteiger partial charge in [0.05, 0.1) is 35.0 Å². The number of aryl methyl sites for hydroxylation is 1. The van der Waals surface area contributed by atoms with Crippen LogP contribution in [-0.2, 0) is 21.4 Å². The number of rotatable bonds is 6. The molecule has 2 aromatic carbocycles. The summed E-state index contributed by atoms with van der Waals surface area (Å²) in [5.74, 6) is 0.347. The zero-order valence-corrected chi connectivity index (χ0v) is 20.3. The fourth-order valence-electron chi connectivity index (χ4n) is 3.78. The van der Waals surface area contributed by atoms with Crippen LogP contribution in [0, 0.1) is 6.92 Å². The van der Waals surface area contributed by atoms with Gasteiger partial charge in [0.2, 0.25) is 10.0 Å². The van der Waals surface area contributed by atoms with Gasteiger partial charge in [-0.2, -0.15) is 4.31 Å². The summed E-state index contributed by atoms with van der Waals surface area (Å²) in [6, 6.07) is 11.1. The van der Waals surface area contributed by atoms with Gasteiger partial charge < -0.3 is 13.9 Å². The lowest BCUT2D eigenvalue weighted by Gasteiger charge is -2.26. The minimum atomic E-state index is -3.57. The molecule has 0 atom stereocenters. The topological polar surface area (TPSA) is 117 Å². The van der Waals surface area contributed by atoms with E-state index >= 15 is 0 Å². The van der Waals surface area contributed by atoms with Crippen LogP contribution >= 0.6 is 11.6 Å². The summed E-state index contributed by atoms with van der Waals surface area (Å²) in [6.45, 7) is 3.33. The van der Waals surface area contributed by atoms with E-state index in [0.29, 0.717) is 54.0 Å². The van der Waals surface area contributed by atoms with Crippen molar-refractivity contribution in [3.63, 3.8) is 0 Å². The smallest absolute Gasteiger partial charge is 0.336 e. The maximum Gasteiger partial charge on any atom is 0.336 e. The monoisotopic (exact) mass is 516 g/mol. The molecule has 182 valence electrons. The third kappa shape index (κ3) is 4.80. The third-order valence-corrected chi connectivity index (χ3v) is 7.84. The van der Waals surface area contributed by atoms with Gasteiger partial charge in [0.25, 0.3) is 0 Å². The second kappa shape index (κ2) is 9.42. The van der Waals surface area contributed by atoms with Crippen LogP contribution in [0.4, 0.5) is 0 Å². The Bertz CT molecular complexity index is 1540. The third-order valence-electron chi connectivity index (χ3n) is 5.63. The van der Waals surface area contributed by atoms with Gasteiger partial charge in [-0.05, 0) is 42.8 Å². The van der Waals surface area contributed by atoms with Gasteiger partial charge in [-0.15, -0.1) is 5.10 Å². The van der Waals surface area contributed by atoms with Crippen LogP contribution in [0.2, 0.25) is 5.02 Å². The molecule has 0 bridgehead atoms. The lowest BCUT2D eigenvalue weighted by atomic mass is 10.1. The Hall–Kier alpha value is -3.25. The van der Waals surface area contributed by atoms with Crippen LogP contribution in [-0.4, -0.2) is 54.0 Å². The van der Waals surface area contributed by atoms with Gasteiger partial charge in [-0.1, -0.05) is 16.8 Å². The highest BCUT2D eigenvalue weighted by molar-refractivity contribution is 7.89. The van der Waals surface area contributed by atoms with Gasteiger partial charge in [-0.3, -0.25) is 0 Å². The van der Waals surface area contributed by atoms with Crippen molar-refractivity contribution in [1.29, 1.82) is 0 Å². The van der Waals surface area contributed by atoms with Gasteiger partial charge in [0.1, 0.15) is 23.6 Å².